The van der Waals surface area contributed by atoms with E-state index in [4.69, 9.17) is 25.2 Å². The Morgan fingerprint density at radius 3 is 2.72 bits per heavy atom. The Labute approximate surface area is 210 Å². The Balaban J connectivity index is 1.48. The van der Waals surface area contributed by atoms with Crippen LogP contribution < -0.4 is 15.8 Å². The van der Waals surface area contributed by atoms with Crippen molar-refractivity contribution in [1.82, 2.24) is 20.4 Å². The molecule has 5 N–H and O–H groups in total. The van der Waals surface area contributed by atoms with Gasteiger partial charge in [-0.25, -0.2) is 0 Å². The van der Waals surface area contributed by atoms with Crippen LogP contribution in [0.3, 0.4) is 0 Å². The van der Waals surface area contributed by atoms with E-state index in [1.165, 1.54) is 5.56 Å². The van der Waals surface area contributed by atoms with Crippen molar-refractivity contribution in [3.63, 3.8) is 0 Å². The molecular formula is C26H33N5O5. The highest BCUT2D eigenvalue weighted by molar-refractivity contribution is 5.78. The fourth-order valence-corrected chi connectivity index (χ4v) is 4.39. The van der Waals surface area contributed by atoms with Gasteiger partial charge in [0, 0.05) is 24.2 Å². The second-order valence-electron chi connectivity index (χ2n) is 9.31. The van der Waals surface area contributed by atoms with Gasteiger partial charge in [0.05, 0.1) is 37.6 Å². The molecule has 10 nitrogen and oxygen atoms in total. The molecule has 2 heterocycles. The summed E-state index contributed by atoms with van der Waals surface area (Å²) in [4.78, 5) is 18.9. The summed E-state index contributed by atoms with van der Waals surface area (Å²) < 4.78 is 11.2. The third-order valence-electron chi connectivity index (χ3n) is 6.23. The second kappa shape index (κ2) is 11.1. The summed E-state index contributed by atoms with van der Waals surface area (Å²) in [5.41, 5.74) is 11.7. The summed E-state index contributed by atoms with van der Waals surface area (Å²) in [7, 11) is 0. The van der Waals surface area contributed by atoms with Crippen molar-refractivity contribution in [2.24, 2.45) is 0 Å². The van der Waals surface area contributed by atoms with E-state index in [2.05, 4.69) is 22.4 Å². The molecule has 0 unspecified atom stereocenters. The third-order valence-corrected chi connectivity index (χ3v) is 6.23. The molecule has 1 aliphatic rings. The van der Waals surface area contributed by atoms with E-state index in [-0.39, 0.29) is 31.8 Å². The Morgan fingerprint density at radius 2 is 2.03 bits per heavy atom. The minimum atomic E-state index is -0.637. The highest BCUT2D eigenvalue weighted by atomic mass is 16.5. The van der Waals surface area contributed by atoms with Crippen LogP contribution >= 0.6 is 0 Å². The zero-order valence-electron chi connectivity index (χ0n) is 20.8. The molecule has 0 spiro atoms. The summed E-state index contributed by atoms with van der Waals surface area (Å²) in [5, 5.41) is 25.2. The quantitative estimate of drug-likeness (QED) is 0.327. The molecule has 0 aliphatic carbocycles. The molecule has 36 heavy (non-hydrogen) atoms. The number of nitrogens with two attached hydrogens (primary N) is 1. The lowest BCUT2D eigenvalue weighted by molar-refractivity contribution is -0.123. The molecule has 0 fully saturated rings. The average molecular weight is 496 g/mol. The van der Waals surface area contributed by atoms with Crippen LogP contribution in [0.25, 0.3) is 22.8 Å². The minimum Gasteiger partial charge on any atom is -0.489 e. The number of nitrogen functional groups attached to an aromatic ring is 1. The molecule has 3 aromatic rings. The number of fused-ring (bicyclic) bond motifs is 1. The minimum absolute atomic E-state index is 0.0225. The summed E-state index contributed by atoms with van der Waals surface area (Å²) in [6.07, 6.45) is 0.804. The van der Waals surface area contributed by atoms with Crippen molar-refractivity contribution in [1.29, 1.82) is 0 Å². The number of carbonyl (C=O) groups is 1. The van der Waals surface area contributed by atoms with Crippen LogP contribution in [0.15, 0.2) is 34.9 Å². The van der Waals surface area contributed by atoms with E-state index in [1.54, 1.807) is 12.1 Å². The Kier molecular flexibility index (Phi) is 7.88. The Hall–Kier alpha value is -3.47. The van der Waals surface area contributed by atoms with Crippen LogP contribution in [0.1, 0.15) is 30.5 Å². The van der Waals surface area contributed by atoms with E-state index in [0.29, 0.717) is 29.7 Å². The molecular weight excluding hydrogens is 462 g/mol. The maximum absolute atomic E-state index is 12.2. The van der Waals surface area contributed by atoms with Gasteiger partial charge in [-0.1, -0.05) is 17.3 Å². The molecule has 0 radical (unpaired) electrons. The number of carbonyl (C=O) groups excluding carboxylic acids is 1. The van der Waals surface area contributed by atoms with Gasteiger partial charge in [-0.3, -0.25) is 9.69 Å². The number of hydrogen-bond donors (Lipinski definition) is 4. The van der Waals surface area contributed by atoms with E-state index in [0.717, 1.165) is 35.2 Å². The first-order chi connectivity index (χ1) is 17.3. The van der Waals surface area contributed by atoms with E-state index >= 15 is 0 Å². The summed E-state index contributed by atoms with van der Waals surface area (Å²) in [6.45, 7) is 6.90. The first kappa shape index (κ1) is 25.6. The van der Waals surface area contributed by atoms with Crippen LogP contribution in [0.5, 0.6) is 5.75 Å². The highest BCUT2D eigenvalue weighted by Gasteiger charge is 2.23. The van der Waals surface area contributed by atoms with Crippen LogP contribution in [-0.2, 0) is 17.8 Å². The van der Waals surface area contributed by atoms with Crippen LogP contribution in [-0.4, -0.2) is 69.6 Å². The van der Waals surface area contributed by atoms with Crippen molar-refractivity contribution in [3.8, 4) is 28.6 Å². The standard InChI is InChI=1S/C26H33N5O5/c1-15(2)35-23-7-5-17(10-22(23)27)26-29-25(30-36-26)21-6-4-18-11-31(9-8-20(18)16(21)3)12-24(34)28-19(13-32)14-33/h4-7,10,15,19,32-33H,8-9,11-14,27H2,1-3H3,(H,28,34). The largest absolute Gasteiger partial charge is 0.489 e. The van der Waals surface area contributed by atoms with E-state index < -0.39 is 6.04 Å². The zero-order chi connectivity index (χ0) is 25.8. The Morgan fingerprint density at radius 1 is 1.25 bits per heavy atom. The van der Waals surface area contributed by atoms with Gasteiger partial charge in [0.15, 0.2) is 0 Å². The molecule has 10 heteroatoms. The molecule has 1 amide bonds. The molecule has 0 saturated carbocycles. The fourth-order valence-electron chi connectivity index (χ4n) is 4.39. The summed E-state index contributed by atoms with van der Waals surface area (Å²) in [5.74, 6) is 1.29. The predicted molar refractivity (Wildman–Crippen MR) is 135 cm³/mol. The number of nitrogens with zero attached hydrogens (tertiary/aromatic N) is 3. The second-order valence-corrected chi connectivity index (χ2v) is 9.31. The van der Waals surface area contributed by atoms with Crippen molar-refractivity contribution >= 4 is 11.6 Å². The number of rotatable bonds is 9. The summed E-state index contributed by atoms with van der Waals surface area (Å²) in [6, 6.07) is 8.80. The molecule has 2 aromatic carbocycles. The van der Waals surface area contributed by atoms with Crippen molar-refractivity contribution in [2.45, 2.75) is 45.9 Å². The van der Waals surface area contributed by atoms with Gasteiger partial charge >= 0.3 is 0 Å². The van der Waals surface area contributed by atoms with Gasteiger partial charge in [-0.05, 0) is 62.1 Å². The maximum atomic E-state index is 12.2. The van der Waals surface area contributed by atoms with Crippen LogP contribution in [0.2, 0.25) is 0 Å². The number of aromatic nitrogens is 2. The number of aliphatic hydroxyl groups is 2. The maximum Gasteiger partial charge on any atom is 0.258 e. The van der Waals surface area contributed by atoms with Crippen molar-refractivity contribution < 1.29 is 24.3 Å². The van der Waals surface area contributed by atoms with E-state index in [1.807, 2.05) is 36.9 Å². The molecule has 4 rings (SSSR count). The number of aliphatic hydroxyl groups excluding tert-OH is 2. The monoisotopic (exact) mass is 495 g/mol. The lowest BCUT2D eigenvalue weighted by Crippen LogP contribution is -2.46. The number of ether oxygens (including phenoxy) is 1. The Bertz CT molecular complexity index is 1220. The number of anilines is 1. The highest BCUT2D eigenvalue weighted by Crippen LogP contribution is 2.32. The van der Waals surface area contributed by atoms with Gasteiger partial charge in [0.1, 0.15) is 5.75 Å². The fraction of sp³-hybridized carbons (Fsp3) is 0.423. The molecule has 0 atom stereocenters. The zero-order valence-corrected chi connectivity index (χ0v) is 20.8. The van der Waals surface area contributed by atoms with Gasteiger partial charge in [-0.15, -0.1) is 0 Å². The SMILES string of the molecule is Cc1c(-c2noc(-c3ccc(OC(C)C)c(N)c3)n2)ccc2c1CCN(CC(=O)NC(CO)CO)C2. The smallest absolute Gasteiger partial charge is 0.258 e. The molecule has 192 valence electrons. The lowest BCUT2D eigenvalue weighted by atomic mass is 9.91. The number of nitrogens with one attached hydrogen (secondary N) is 1. The van der Waals surface area contributed by atoms with Gasteiger partial charge in [-0.2, -0.15) is 4.98 Å². The number of amides is 1. The number of benzene rings is 2. The normalized spacial score (nSPS) is 13.8. The first-order valence-corrected chi connectivity index (χ1v) is 12.0. The molecule has 1 aromatic heterocycles. The van der Waals surface area contributed by atoms with Crippen molar-refractivity contribution in [2.75, 3.05) is 32.0 Å². The van der Waals surface area contributed by atoms with E-state index in [9.17, 15) is 4.79 Å². The van der Waals surface area contributed by atoms with Crippen LogP contribution in [0, 0.1) is 6.92 Å². The first-order valence-electron chi connectivity index (χ1n) is 12.0. The van der Waals surface area contributed by atoms with Gasteiger partial charge in [0.2, 0.25) is 11.7 Å². The topological polar surface area (TPSA) is 147 Å². The molecule has 1 aliphatic heterocycles. The predicted octanol–water partition coefficient (Wildman–Crippen LogP) is 1.91. The average Bonchev–Trinajstić information content (AvgIpc) is 3.33. The van der Waals surface area contributed by atoms with Crippen molar-refractivity contribution in [3.05, 3.63) is 47.0 Å². The molecule has 0 bridgehead atoms. The molecule has 0 saturated heterocycles. The summed E-state index contributed by atoms with van der Waals surface area (Å²) >= 11 is 0. The number of hydrogen-bond acceptors (Lipinski definition) is 9. The van der Waals surface area contributed by atoms with Gasteiger partial charge < -0.3 is 30.5 Å². The lowest BCUT2D eigenvalue weighted by Gasteiger charge is -2.30. The van der Waals surface area contributed by atoms with Crippen LogP contribution in [0.4, 0.5) is 5.69 Å². The van der Waals surface area contributed by atoms with Gasteiger partial charge in [0.25, 0.3) is 5.89 Å². The third kappa shape index (κ3) is 5.67.